The van der Waals surface area contributed by atoms with Crippen LogP contribution < -0.4 is 14.8 Å². The van der Waals surface area contributed by atoms with Crippen LogP contribution in [-0.2, 0) is 30.1 Å². The Kier molecular flexibility index (Phi) is 8.13. The lowest BCUT2D eigenvalue weighted by Gasteiger charge is -2.20. The molecule has 0 saturated heterocycles. The minimum absolute atomic E-state index is 0.0378. The number of hydrogen-bond donors (Lipinski definition) is 2. The monoisotopic (exact) mass is 411 g/mol. The van der Waals surface area contributed by atoms with E-state index in [1.54, 1.807) is 11.4 Å². The molecule has 11 nitrogen and oxygen atoms in total. The van der Waals surface area contributed by atoms with Gasteiger partial charge in [0.15, 0.2) is 0 Å². The van der Waals surface area contributed by atoms with Gasteiger partial charge in [-0.15, -0.1) is 0 Å². The predicted molar refractivity (Wildman–Crippen MR) is 93.7 cm³/mol. The largest absolute Gasteiger partial charge is 0.474 e. The second kappa shape index (κ2) is 9.40. The van der Waals surface area contributed by atoms with Crippen LogP contribution in [0.3, 0.4) is 0 Å². The van der Waals surface area contributed by atoms with Gasteiger partial charge in [0.1, 0.15) is 0 Å². The average Bonchev–Trinajstić information content (AvgIpc) is 2.53. The Balaban J connectivity index is 3.22. The van der Waals surface area contributed by atoms with E-state index >= 15 is 0 Å². The fourth-order valence-corrected chi connectivity index (χ4v) is 4.72. The van der Waals surface area contributed by atoms with Crippen molar-refractivity contribution in [2.75, 3.05) is 6.61 Å². The highest BCUT2D eigenvalue weighted by Gasteiger charge is 2.36. The van der Waals surface area contributed by atoms with Gasteiger partial charge in [0, 0.05) is 12.6 Å². The maximum Gasteiger partial charge on any atom is 0.474 e. The average molecular weight is 411 g/mol. The van der Waals surface area contributed by atoms with Crippen molar-refractivity contribution in [1.29, 1.82) is 0 Å². The summed E-state index contributed by atoms with van der Waals surface area (Å²) in [5.74, 6) is -0.444. The number of hydrogen-bond acceptors (Lipinski definition) is 9. The molecule has 0 aliphatic rings. The molecule has 0 heterocycles. The van der Waals surface area contributed by atoms with Crippen LogP contribution in [0.2, 0.25) is 0 Å². The molecule has 2 unspecified atom stereocenters. The number of nitrogens with zero attached hydrogens (tertiary/aromatic N) is 1. The van der Waals surface area contributed by atoms with Crippen LogP contribution in [0.4, 0.5) is 5.69 Å². The quantitative estimate of drug-likeness (QED) is 0.316. The lowest BCUT2D eigenvalue weighted by atomic mass is 10.2. The van der Waals surface area contributed by atoms with Crippen LogP contribution in [0.15, 0.2) is 18.2 Å². The van der Waals surface area contributed by atoms with E-state index in [0.29, 0.717) is 12.0 Å². The highest BCUT2D eigenvalue weighted by molar-refractivity contribution is 7.90. The summed E-state index contributed by atoms with van der Waals surface area (Å²) in [7, 11) is -9.03. The third-order valence-corrected chi connectivity index (χ3v) is 6.47. The normalized spacial score (nSPS) is 15.2. The molecule has 0 aliphatic carbocycles. The summed E-state index contributed by atoms with van der Waals surface area (Å²) in [6.45, 7) is 4.50. The number of nitro benzene ring substituents is 1. The minimum Gasteiger partial charge on any atom is -0.405 e. The highest BCUT2D eigenvalue weighted by Crippen LogP contribution is 2.47. The SMILES string of the molecule is CCOP(=O)(NS(=O)(=O)OC(C)CC)Oc1cc(CN)ccc1[N+](=O)[O-]. The summed E-state index contributed by atoms with van der Waals surface area (Å²) in [6, 6.07) is 3.69. The summed E-state index contributed by atoms with van der Waals surface area (Å²) in [6.07, 6.45) is -0.303. The number of nitrogens with two attached hydrogens (primary N) is 1. The fourth-order valence-electron chi connectivity index (χ4n) is 1.72. The van der Waals surface area contributed by atoms with Crippen LogP contribution in [0, 0.1) is 10.1 Å². The van der Waals surface area contributed by atoms with Crippen molar-refractivity contribution >= 4 is 23.7 Å². The molecule has 0 fully saturated rings. The van der Waals surface area contributed by atoms with Crippen molar-refractivity contribution < 1.29 is 31.1 Å². The first kappa shape index (κ1) is 22.5. The molecule has 0 spiro atoms. The first-order chi connectivity index (χ1) is 12.1. The summed E-state index contributed by atoms with van der Waals surface area (Å²) >= 11 is 0. The highest BCUT2D eigenvalue weighted by atomic mass is 32.2. The first-order valence-corrected chi connectivity index (χ1v) is 10.6. The van der Waals surface area contributed by atoms with E-state index in [1.807, 2.05) is 0 Å². The van der Waals surface area contributed by atoms with Gasteiger partial charge in [0.05, 0.1) is 17.6 Å². The van der Waals surface area contributed by atoms with Gasteiger partial charge in [-0.1, -0.05) is 17.5 Å². The van der Waals surface area contributed by atoms with Crippen LogP contribution in [-0.4, -0.2) is 26.1 Å². The zero-order valence-electron chi connectivity index (χ0n) is 14.6. The van der Waals surface area contributed by atoms with Crippen LogP contribution in [0.1, 0.15) is 32.8 Å². The fraction of sp³-hybridized carbons (Fsp3) is 0.538. The molecule has 148 valence electrons. The van der Waals surface area contributed by atoms with Crippen LogP contribution in [0.5, 0.6) is 5.75 Å². The number of rotatable bonds is 11. The second-order valence-corrected chi connectivity index (χ2v) is 8.40. The Morgan fingerprint density at radius 2 is 2.04 bits per heavy atom. The maximum absolute atomic E-state index is 12.8. The molecule has 0 saturated carbocycles. The van der Waals surface area contributed by atoms with Gasteiger partial charge in [-0.3, -0.25) is 18.8 Å². The van der Waals surface area contributed by atoms with Gasteiger partial charge < -0.3 is 10.3 Å². The zero-order valence-corrected chi connectivity index (χ0v) is 16.3. The lowest BCUT2D eigenvalue weighted by molar-refractivity contribution is -0.385. The van der Waals surface area contributed by atoms with E-state index in [1.165, 1.54) is 26.0 Å². The second-order valence-electron chi connectivity index (χ2n) is 5.13. The van der Waals surface area contributed by atoms with E-state index in [-0.39, 0.29) is 13.2 Å². The molecule has 1 rings (SSSR count). The van der Waals surface area contributed by atoms with E-state index in [4.69, 9.17) is 19.0 Å². The summed E-state index contributed by atoms with van der Waals surface area (Å²) in [4.78, 5) is 10.4. The Morgan fingerprint density at radius 3 is 2.54 bits per heavy atom. The Morgan fingerprint density at radius 1 is 1.38 bits per heavy atom. The molecule has 1 aromatic carbocycles. The molecular formula is C13H22N3O8PS. The lowest BCUT2D eigenvalue weighted by Crippen LogP contribution is -2.29. The number of nitrogens with one attached hydrogen (secondary N) is 1. The maximum atomic E-state index is 12.8. The molecule has 0 bridgehead atoms. The standard InChI is InChI=1S/C13H22N3O8PS/c1-4-10(3)24-26(20,21)15-25(19,22-5-2)23-13-8-11(9-14)6-7-12(13)16(17)18/h6-8,10H,4-5,9,14H2,1-3H3,(H,15,19). The van der Waals surface area contributed by atoms with Crippen LogP contribution >= 0.6 is 7.75 Å². The van der Waals surface area contributed by atoms with E-state index in [9.17, 15) is 23.1 Å². The van der Waals surface area contributed by atoms with Gasteiger partial charge in [-0.05, 0) is 31.9 Å². The smallest absolute Gasteiger partial charge is 0.405 e. The first-order valence-electron chi connectivity index (χ1n) is 7.69. The third-order valence-electron chi connectivity index (χ3n) is 3.06. The molecular weight excluding hydrogens is 389 g/mol. The third kappa shape index (κ3) is 6.63. The summed E-state index contributed by atoms with van der Waals surface area (Å²) in [5, 5.41) is 11.1. The molecule has 13 heteroatoms. The van der Waals surface area contributed by atoms with Crippen molar-refractivity contribution in [1.82, 2.24) is 4.49 Å². The molecule has 0 radical (unpaired) electrons. The van der Waals surface area contributed by atoms with E-state index in [0.717, 1.165) is 6.07 Å². The Bertz CT molecular complexity index is 786. The van der Waals surface area contributed by atoms with Gasteiger partial charge in [0.2, 0.25) is 5.75 Å². The topological polar surface area (TPSA) is 160 Å². The Labute approximate surface area is 151 Å². The van der Waals surface area contributed by atoms with E-state index in [2.05, 4.69) is 0 Å². The van der Waals surface area contributed by atoms with Crippen molar-refractivity contribution in [3.8, 4) is 5.75 Å². The van der Waals surface area contributed by atoms with Crippen molar-refractivity contribution in [2.45, 2.75) is 39.8 Å². The van der Waals surface area contributed by atoms with Crippen molar-refractivity contribution in [2.24, 2.45) is 5.73 Å². The Hall–Kier alpha value is -1.56. The van der Waals surface area contributed by atoms with Crippen LogP contribution in [0.25, 0.3) is 0 Å². The van der Waals surface area contributed by atoms with Crippen molar-refractivity contribution in [3.63, 3.8) is 0 Å². The predicted octanol–water partition coefficient (Wildman–Crippen LogP) is 2.23. The summed E-state index contributed by atoms with van der Waals surface area (Å²) < 4.78 is 53.2. The molecule has 1 aromatic rings. The molecule has 0 aromatic heterocycles. The van der Waals surface area contributed by atoms with Crippen molar-refractivity contribution in [3.05, 3.63) is 33.9 Å². The molecule has 3 N–H and O–H groups in total. The van der Waals surface area contributed by atoms with Gasteiger partial charge in [-0.2, -0.15) is 8.42 Å². The summed E-state index contributed by atoms with van der Waals surface area (Å²) in [5.41, 5.74) is 5.41. The molecule has 26 heavy (non-hydrogen) atoms. The number of nitro groups is 1. The van der Waals surface area contributed by atoms with E-state index < -0.39 is 40.5 Å². The zero-order chi connectivity index (χ0) is 20.0. The van der Waals surface area contributed by atoms with Gasteiger partial charge in [0.25, 0.3) is 0 Å². The minimum atomic E-state index is -4.53. The molecule has 0 aliphatic heterocycles. The number of benzene rings is 1. The van der Waals surface area contributed by atoms with Gasteiger partial charge in [-0.25, -0.2) is 4.57 Å². The molecule has 2 atom stereocenters. The van der Waals surface area contributed by atoms with Gasteiger partial charge >= 0.3 is 23.7 Å². The molecule has 0 amide bonds.